The van der Waals surface area contributed by atoms with Gasteiger partial charge in [0.15, 0.2) is 0 Å². The highest BCUT2D eigenvalue weighted by atomic mass is 35.5. The summed E-state index contributed by atoms with van der Waals surface area (Å²) < 4.78 is 0. The number of carbonyl (C=O) groups excluding carboxylic acids is 2. The van der Waals surface area contributed by atoms with E-state index in [4.69, 9.17) is 11.6 Å². The SMILES string of the molecule is CC(C)CC1NC(=O)C2(CCCC2)N(C/C=C/Cl)C1=O. The fraction of sp³-hybridized carbons (Fsp3) is 0.733. The van der Waals surface area contributed by atoms with Crippen LogP contribution in [0.4, 0.5) is 0 Å². The van der Waals surface area contributed by atoms with Crippen molar-refractivity contribution in [3.8, 4) is 0 Å². The van der Waals surface area contributed by atoms with Gasteiger partial charge in [-0.1, -0.05) is 44.4 Å². The first-order valence-corrected chi connectivity index (χ1v) is 7.82. The third kappa shape index (κ3) is 2.71. The van der Waals surface area contributed by atoms with Gasteiger partial charge in [-0.2, -0.15) is 0 Å². The Hall–Kier alpha value is -1.03. The predicted molar refractivity (Wildman–Crippen MR) is 79.3 cm³/mol. The van der Waals surface area contributed by atoms with Crippen molar-refractivity contribution in [1.29, 1.82) is 0 Å². The minimum absolute atomic E-state index is 0.0169. The van der Waals surface area contributed by atoms with Gasteiger partial charge < -0.3 is 10.2 Å². The van der Waals surface area contributed by atoms with E-state index in [1.165, 1.54) is 5.54 Å². The molecule has 112 valence electrons. The average molecular weight is 299 g/mol. The monoisotopic (exact) mass is 298 g/mol. The molecule has 0 radical (unpaired) electrons. The Kier molecular flexibility index (Phi) is 4.74. The molecular weight excluding hydrogens is 276 g/mol. The molecule has 1 unspecified atom stereocenters. The molecule has 20 heavy (non-hydrogen) atoms. The Morgan fingerprint density at radius 3 is 2.60 bits per heavy atom. The molecule has 0 aromatic carbocycles. The summed E-state index contributed by atoms with van der Waals surface area (Å²) in [6.45, 7) is 4.54. The van der Waals surface area contributed by atoms with Crippen molar-refractivity contribution in [2.45, 2.75) is 57.5 Å². The van der Waals surface area contributed by atoms with E-state index >= 15 is 0 Å². The number of piperazine rings is 1. The first kappa shape index (κ1) is 15.4. The molecule has 0 aromatic rings. The van der Waals surface area contributed by atoms with E-state index in [2.05, 4.69) is 19.2 Å². The smallest absolute Gasteiger partial charge is 0.246 e. The van der Waals surface area contributed by atoms with Crippen LogP contribution in [-0.2, 0) is 9.59 Å². The van der Waals surface area contributed by atoms with Gasteiger partial charge in [-0.05, 0) is 25.2 Å². The molecule has 0 bridgehead atoms. The lowest BCUT2D eigenvalue weighted by Gasteiger charge is -2.46. The largest absolute Gasteiger partial charge is 0.342 e. The molecule has 1 heterocycles. The zero-order chi connectivity index (χ0) is 14.8. The zero-order valence-corrected chi connectivity index (χ0v) is 12.9. The second-order valence-corrected chi connectivity index (χ2v) is 6.46. The molecule has 1 N–H and O–H groups in total. The lowest BCUT2D eigenvalue weighted by Crippen LogP contribution is -2.69. The van der Waals surface area contributed by atoms with Crippen molar-refractivity contribution in [2.24, 2.45) is 5.92 Å². The standard InChI is InChI=1S/C15H23ClN2O2/c1-11(2)10-12-13(19)18(9-5-8-16)15(14(20)17-12)6-3-4-7-15/h5,8,11-12H,3-4,6-7,9-10H2,1-2H3,(H,17,20)/b8-5+. The number of rotatable bonds is 4. The van der Waals surface area contributed by atoms with E-state index in [0.29, 0.717) is 18.9 Å². The molecule has 1 saturated carbocycles. The Labute approximate surface area is 125 Å². The Morgan fingerprint density at radius 1 is 1.40 bits per heavy atom. The fourth-order valence-corrected chi connectivity index (χ4v) is 3.45. The van der Waals surface area contributed by atoms with E-state index in [1.54, 1.807) is 11.0 Å². The van der Waals surface area contributed by atoms with Crippen molar-refractivity contribution >= 4 is 23.4 Å². The highest BCUT2D eigenvalue weighted by molar-refractivity contribution is 6.25. The van der Waals surface area contributed by atoms with Gasteiger partial charge in [0.2, 0.25) is 11.8 Å². The lowest BCUT2D eigenvalue weighted by molar-refractivity contribution is -0.156. The molecular formula is C15H23ClN2O2. The number of amides is 2. The Balaban J connectivity index is 2.26. The first-order valence-electron chi connectivity index (χ1n) is 7.39. The summed E-state index contributed by atoms with van der Waals surface area (Å²) in [7, 11) is 0. The van der Waals surface area contributed by atoms with Crippen LogP contribution in [0.15, 0.2) is 11.6 Å². The van der Waals surface area contributed by atoms with Gasteiger partial charge in [0.05, 0.1) is 0 Å². The van der Waals surface area contributed by atoms with Crippen LogP contribution in [-0.4, -0.2) is 34.8 Å². The van der Waals surface area contributed by atoms with Crippen LogP contribution < -0.4 is 5.32 Å². The first-order chi connectivity index (χ1) is 9.51. The maximum Gasteiger partial charge on any atom is 0.246 e. The topological polar surface area (TPSA) is 49.4 Å². The normalized spacial score (nSPS) is 26.0. The third-order valence-electron chi connectivity index (χ3n) is 4.32. The van der Waals surface area contributed by atoms with Crippen LogP contribution in [0.25, 0.3) is 0 Å². The maximum atomic E-state index is 12.7. The van der Waals surface area contributed by atoms with Crippen LogP contribution >= 0.6 is 11.6 Å². The van der Waals surface area contributed by atoms with Gasteiger partial charge in [-0.3, -0.25) is 9.59 Å². The van der Waals surface area contributed by atoms with E-state index in [0.717, 1.165) is 25.7 Å². The van der Waals surface area contributed by atoms with E-state index < -0.39 is 11.6 Å². The second kappa shape index (κ2) is 6.17. The molecule has 4 nitrogen and oxygen atoms in total. The molecule has 1 atom stereocenters. The summed E-state index contributed by atoms with van der Waals surface area (Å²) >= 11 is 5.60. The molecule has 2 aliphatic rings. The van der Waals surface area contributed by atoms with Crippen LogP contribution in [0.5, 0.6) is 0 Å². The minimum atomic E-state index is -0.638. The van der Waals surface area contributed by atoms with Gasteiger partial charge in [0.1, 0.15) is 11.6 Å². The van der Waals surface area contributed by atoms with Gasteiger partial charge in [-0.25, -0.2) is 0 Å². The summed E-state index contributed by atoms with van der Waals surface area (Å²) in [5, 5.41) is 2.95. The summed E-state index contributed by atoms with van der Waals surface area (Å²) in [5.41, 5.74) is 0.779. The van der Waals surface area contributed by atoms with Gasteiger partial charge in [0.25, 0.3) is 0 Å². The summed E-state index contributed by atoms with van der Waals surface area (Å²) in [4.78, 5) is 27.0. The van der Waals surface area contributed by atoms with Crippen molar-refractivity contribution in [1.82, 2.24) is 10.2 Å². The maximum absolute atomic E-state index is 12.7. The lowest BCUT2D eigenvalue weighted by atomic mass is 9.87. The molecule has 2 rings (SSSR count). The fourth-order valence-electron chi connectivity index (χ4n) is 3.37. The predicted octanol–water partition coefficient (Wildman–Crippen LogP) is 2.42. The van der Waals surface area contributed by atoms with Crippen LogP contribution in [0.1, 0.15) is 46.0 Å². The molecule has 1 aliphatic heterocycles. The van der Waals surface area contributed by atoms with E-state index in [9.17, 15) is 9.59 Å². The third-order valence-corrected chi connectivity index (χ3v) is 4.50. The van der Waals surface area contributed by atoms with Crippen molar-refractivity contribution in [3.63, 3.8) is 0 Å². The van der Waals surface area contributed by atoms with Crippen molar-refractivity contribution < 1.29 is 9.59 Å². The average Bonchev–Trinajstić information content (AvgIpc) is 2.86. The van der Waals surface area contributed by atoms with Crippen molar-refractivity contribution in [2.75, 3.05) is 6.54 Å². The number of nitrogens with zero attached hydrogens (tertiary/aromatic N) is 1. The number of nitrogens with one attached hydrogen (secondary N) is 1. The second-order valence-electron chi connectivity index (χ2n) is 6.20. The van der Waals surface area contributed by atoms with Gasteiger partial charge >= 0.3 is 0 Å². The summed E-state index contributed by atoms with van der Waals surface area (Å²) in [6.07, 6.45) is 5.93. The van der Waals surface area contributed by atoms with E-state index in [1.807, 2.05) is 0 Å². The van der Waals surface area contributed by atoms with Gasteiger partial charge in [0, 0.05) is 12.1 Å². The van der Waals surface area contributed by atoms with Crippen LogP contribution in [0.3, 0.4) is 0 Å². The molecule has 1 saturated heterocycles. The summed E-state index contributed by atoms with van der Waals surface area (Å²) in [6, 6.07) is -0.391. The van der Waals surface area contributed by atoms with Crippen LogP contribution in [0, 0.1) is 5.92 Å². The molecule has 2 fully saturated rings. The number of hydrogen-bond donors (Lipinski definition) is 1. The molecule has 5 heteroatoms. The molecule has 2 amide bonds. The van der Waals surface area contributed by atoms with Crippen molar-refractivity contribution in [3.05, 3.63) is 11.6 Å². The summed E-state index contributed by atoms with van der Waals surface area (Å²) in [5.74, 6) is 0.422. The van der Waals surface area contributed by atoms with Gasteiger partial charge in [-0.15, -0.1) is 0 Å². The quantitative estimate of drug-likeness (QED) is 0.866. The molecule has 1 spiro atoms. The zero-order valence-electron chi connectivity index (χ0n) is 12.2. The molecule has 1 aliphatic carbocycles. The Morgan fingerprint density at radius 2 is 2.05 bits per heavy atom. The van der Waals surface area contributed by atoms with E-state index in [-0.39, 0.29) is 11.8 Å². The number of halogens is 1. The minimum Gasteiger partial charge on any atom is -0.342 e. The van der Waals surface area contributed by atoms with Crippen LogP contribution in [0.2, 0.25) is 0 Å². The number of hydrogen-bond acceptors (Lipinski definition) is 2. The number of carbonyl (C=O) groups is 2. The highest BCUT2D eigenvalue weighted by Gasteiger charge is 2.53. The Bertz CT molecular complexity index is 414. The molecule has 0 aromatic heterocycles. The highest BCUT2D eigenvalue weighted by Crippen LogP contribution is 2.38.